The lowest BCUT2D eigenvalue weighted by atomic mass is 9.60. The first-order valence-corrected chi connectivity index (χ1v) is 10.6. The van der Waals surface area contributed by atoms with Crippen molar-refractivity contribution in [1.29, 1.82) is 0 Å². The smallest absolute Gasteiger partial charge is 0.258 e. The molecule has 158 valence electrons. The van der Waals surface area contributed by atoms with Crippen LogP contribution in [0.2, 0.25) is 0 Å². The van der Waals surface area contributed by atoms with E-state index in [1.165, 1.54) is 0 Å². The molecule has 7 nitrogen and oxygen atoms in total. The van der Waals surface area contributed by atoms with Gasteiger partial charge in [-0.25, -0.2) is 0 Å². The maximum atomic E-state index is 12.8. The number of hydrogen-bond acceptors (Lipinski definition) is 5. The largest absolute Gasteiger partial charge is 0.497 e. The summed E-state index contributed by atoms with van der Waals surface area (Å²) in [6.45, 7) is 3.97. The predicted molar refractivity (Wildman–Crippen MR) is 107 cm³/mol. The Morgan fingerprint density at radius 1 is 1.38 bits per heavy atom. The van der Waals surface area contributed by atoms with Gasteiger partial charge in [0.15, 0.2) is 5.72 Å². The van der Waals surface area contributed by atoms with Crippen LogP contribution >= 0.6 is 0 Å². The van der Waals surface area contributed by atoms with Gasteiger partial charge in [0.05, 0.1) is 12.7 Å². The lowest BCUT2D eigenvalue weighted by Gasteiger charge is -2.55. The van der Waals surface area contributed by atoms with Gasteiger partial charge < -0.3 is 24.8 Å². The standard InChI is InChI=1S/C22H30N2O5/c1-3-28-10-4-9-23-20(25)18-11-15-6-5-14(18)13-22(15)24-21(26)17-8-7-16(27-2)12-19(17)29-22/h7-8,12,14-15,18H,3-6,9-11,13H2,1-2H3,(H,23,25)(H,24,26)/t14-,15-,18-,22+/m1/s1. The summed E-state index contributed by atoms with van der Waals surface area (Å²) < 4.78 is 17.0. The summed E-state index contributed by atoms with van der Waals surface area (Å²) in [6, 6.07) is 5.27. The zero-order valence-corrected chi connectivity index (χ0v) is 17.2. The number of carbonyl (C=O) groups excluding carboxylic acids is 2. The highest BCUT2D eigenvalue weighted by Gasteiger charge is 2.57. The molecule has 0 aromatic heterocycles. The Morgan fingerprint density at radius 3 is 2.97 bits per heavy atom. The fraction of sp³-hybridized carbons (Fsp3) is 0.636. The van der Waals surface area contributed by atoms with Gasteiger partial charge in [-0.3, -0.25) is 9.59 Å². The average molecular weight is 402 g/mol. The summed E-state index contributed by atoms with van der Waals surface area (Å²) in [5, 5.41) is 6.20. The van der Waals surface area contributed by atoms with Crippen LogP contribution in [0.3, 0.4) is 0 Å². The second kappa shape index (κ2) is 8.22. The molecule has 0 saturated heterocycles. The lowest BCUT2D eigenvalue weighted by molar-refractivity contribution is -0.146. The van der Waals surface area contributed by atoms with E-state index in [1.807, 2.05) is 6.92 Å². The van der Waals surface area contributed by atoms with Crippen molar-refractivity contribution >= 4 is 11.8 Å². The zero-order valence-electron chi connectivity index (χ0n) is 17.2. The van der Waals surface area contributed by atoms with Crippen LogP contribution in [0, 0.1) is 17.8 Å². The van der Waals surface area contributed by atoms with Crippen molar-refractivity contribution in [2.24, 2.45) is 17.8 Å². The van der Waals surface area contributed by atoms with Gasteiger partial charge in [0.25, 0.3) is 5.91 Å². The molecule has 1 aliphatic heterocycles. The molecule has 1 heterocycles. The van der Waals surface area contributed by atoms with Gasteiger partial charge in [0, 0.05) is 44.1 Å². The zero-order chi connectivity index (χ0) is 20.4. The molecule has 2 amide bonds. The van der Waals surface area contributed by atoms with E-state index in [1.54, 1.807) is 25.3 Å². The Labute approximate surface area is 171 Å². The van der Waals surface area contributed by atoms with E-state index in [9.17, 15) is 9.59 Å². The van der Waals surface area contributed by atoms with E-state index >= 15 is 0 Å². The number of hydrogen-bond donors (Lipinski definition) is 2. The molecule has 4 aliphatic rings. The third-order valence-electron chi connectivity index (χ3n) is 6.57. The Kier molecular flexibility index (Phi) is 5.67. The number of amides is 2. The van der Waals surface area contributed by atoms with Crippen LogP contribution in [-0.2, 0) is 9.53 Å². The lowest BCUT2D eigenvalue weighted by Crippen LogP contribution is -2.66. The van der Waals surface area contributed by atoms with Crippen molar-refractivity contribution in [3.8, 4) is 11.5 Å². The van der Waals surface area contributed by atoms with Crippen LogP contribution < -0.4 is 20.1 Å². The molecule has 3 saturated carbocycles. The van der Waals surface area contributed by atoms with Crippen LogP contribution in [-0.4, -0.2) is 44.4 Å². The van der Waals surface area contributed by atoms with Gasteiger partial charge in [-0.2, -0.15) is 0 Å². The Balaban J connectivity index is 1.43. The van der Waals surface area contributed by atoms with Gasteiger partial charge in [0.1, 0.15) is 11.5 Å². The van der Waals surface area contributed by atoms with Crippen molar-refractivity contribution in [3.63, 3.8) is 0 Å². The monoisotopic (exact) mass is 402 g/mol. The molecule has 0 unspecified atom stereocenters. The molecule has 0 radical (unpaired) electrons. The first-order valence-electron chi connectivity index (χ1n) is 10.6. The van der Waals surface area contributed by atoms with Crippen LogP contribution in [0.1, 0.15) is 49.4 Å². The van der Waals surface area contributed by atoms with E-state index in [0.29, 0.717) is 43.2 Å². The highest BCUT2D eigenvalue weighted by Crippen LogP contribution is 2.52. The van der Waals surface area contributed by atoms with Crippen molar-refractivity contribution in [3.05, 3.63) is 23.8 Å². The van der Waals surface area contributed by atoms with Crippen molar-refractivity contribution in [2.75, 3.05) is 26.9 Å². The van der Waals surface area contributed by atoms with Crippen molar-refractivity contribution < 1.29 is 23.8 Å². The minimum absolute atomic E-state index is 0.0151. The number of methoxy groups -OCH3 is 1. The van der Waals surface area contributed by atoms with E-state index in [4.69, 9.17) is 14.2 Å². The molecule has 3 fully saturated rings. The van der Waals surface area contributed by atoms with E-state index in [0.717, 1.165) is 25.7 Å². The van der Waals surface area contributed by atoms with Crippen LogP contribution in [0.25, 0.3) is 0 Å². The van der Waals surface area contributed by atoms with Crippen molar-refractivity contribution in [1.82, 2.24) is 10.6 Å². The SMILES string of the molecule is CCOCCCNC(=O)[C@@H]1C[C@H]2CC[C@@H]1C[C@@]21NC(=O)c2ccc(OC)cc2O1. The van der Waals surface area contributed by atoms with E-state index in [-0.39, 0.29) is 29.6 Å². The molecule has 1 spiro atoms. The topological polar surface area (TPSA) is 85.9 Å². The van der Waals surface area contributed by atoms with Crippen LogP contribution in [0.4, 0.5) is 0 Å². The van der Waals surface area contributed by atoms with E-state index in [2.05, 4.69) is 10.6 Å². The minimum Gasteiger partial charge on any atom is -0.497 e. The third-order valence-corrected chi connectivity index (χ3v) is 6.57. The second-order valence-corrected chi connectivity index (χ2v) is 8.23. The molecule has 4 atom stereocenters. The number of nitrogens with one attached hydrogen (secondary N) is 2. The molecular weight excluding hydrogens is 372 g/mol. The van der Waals surface area contributed by atoms with E-state index < -0.39 is 5.72 Å². The molecule has 29 heavy (non-hydrogen) atoms. The van der Waals surface area contributed by atoms with Gasteiger partial charge in [-0.15, -0.1) is 0 Å². The predicted octanol–water partition coefficient (Wildman–Crippen LogP) is 2.49. The highest BCUT2D eigenvalue weighted by molar-refractivity contribution is 5.98. The molecule has 1 aromatic rings. The number of carbonyl (C=O) groups is 2. The minimum atomic E-state index is -0.717. The summed E-state index contributed by atoms with van der Waals surface area (Å²) in [7, 11) is 1.60. The fourth-order valence-electron chi connectivity index (χ4n) is 5.10. The molecule has 5 rings (SSSR count). The fourth-order valence-corrected chi connectivity index (χ4v) is 5.10. The maximum Gasteiger partial charge on any atom is 0.258 e. The summed E-state index contributed by atoms with van der Waals surface area (Å²) in [6.07, 6.45) is 4.17. The Morgan fingerprint density at radius 2 is 2.24 bits per heavy atom. The Hall–Kier alpha value is -2.28. The van der Waals surface area contributed by atoms with Gasteiger partial charge in [0.2, 0.25) is 5.91 Å². The van der Waals surface area contributed by atoms with Gasteiger partial charge in [-0.05, 0) is 50.7 Å². The number of ether oxygens (including phenoxy) is 3. The molecule has 1 aromatic carbocycles. The third kappa shape index (κ3) is 3.80. The summed E-state index contributed by atoms with van der Waals surface area (Å²) >= 11 is 0. The molecule has 2 bridgehead atoms. The first-order chi connectivity index (χ1) is 14.1. The average Bonchev–Trinajstić information content (AvgIpc) is 2.73. The summed E-state index contributed by atoms with van der Waals surface area (Å²) in [4.78, 5) is 25.5. The Bertz CT molecular complexity index is 782. The number of fused-ring (bicyclic) bond motifs is 3. The van der Waals surface area contributed by atoms with Crippen LogP contribution in [0.15, 0.2) is 18.2 Å². The van der Waals surface area contributed by atoms with Crippen molar-refractivity contribution in [2.45, 2.75) is 44.8 Å². The normalized spacial score (nSPS) is 29.7. The molecule has 2 N–H and O–H groups in total. The molecular formula is C22H30N2O5. The maximum absolute atomic E-state index is 12.8. The first kappa shape index (κ1) is 20.0. The highest BCUT2D eigenvalue weighted by atomic mass is 16.5. The summed E-state index contributed by atoms with van der Waals surface area (Å²) in [5.41, 5.74) is -0.188. The quantitative estimate of drug-likeness (QED) is 0.685. The molecule has 7 heteroatoms. The second-order valence-electron chi connectivity index (χ2n) is 8.23. The summed E-state index contributed by atoms with van der Waals surface area (Å²) in [5.74, 6) is 1.55. The van der Waals surface area contributed by atoms with Crippen LogP contribution in [0.5, 0.6) is 11.5 Å². The van der Waals surface area contributed by atoms with Gasteiger partial charge in [-0.1, -0.05) is 0 Å². The molecule has 3 aliphatic carbocycles. The van der Waals surface area contributed by atoms with Gasteiger partial charge >= 0.3 is 0 Å². The number of benzene rings is 1. The number of rotatable bonds is 7.